The molecule has 2 aliphatic rings. The lowest BCUT2D eigenvalue weighted by Crippen LogP contribution is -2.53. The molecular formula is C10H19N3O. The lowest BCUT2D eigenvalue weighted by atomic mass is 10.0. The molecule has 1 saturated carbocycles. The van der Waals surface area contributed by atoms with Gasteiger partial charge in [-0.3, -0.25) is 9.69 Å². The van der Waals surface area contributed by atoms with Crippen LogP contribution in [0.5, 0.6) is 0 Å². The Morgan fingerprint density at radius 1 is 1.50 bits per heavy atom. The van der Waals surface area contributed by atoms with Gasteiger partial charge in [0.2, 0.25) is 5.91 Å². The molecule has 3 N–H and O–H groups in total. The number of hydrogen-bond acceptors (Lipinski definition) is 3. The summed E-state index contributed by atoms with van der Waals surface area (Å²) in [5.41, 5.74) is 5.74. The zero-order valence-corrected chi connectivity index (χ0v) is 8.54. The van der Waals surface area contributed by atoms with Gasteiger partial charge in [0, 0.05) is 19.1 Å². The van der Waals surface area contributed by atoms with E-state index >= 15 is 0 Å². The third kappa shape index (κ3) is 1.91. The fourth-order valence-electron chi connectivity index (χ4n) is 2.71. The van der Waals surface area contributed by atoms with Crippen molar-refractivity contribution >= 4 is 5.91 Å². The van der Waals surface area contributed by atoms with Crippen LogP contribution < -0.4 is 11.1 Å². The Hall–Kier alpha value is -0.610. The van der Waals surface area contributed by atoms with Gasteiger partial charge in [-0.15, -0.1) is 0 Å². The molecule has 1 heterocycles. The van der Waals surface area contributed by atoms with Crippen molar-refractivity contribution in [3.8, 4) is 0 Å². The summed E-state index contributed by atoms with van der Waals surface area (Å²) >= 11 is 0. The average molecular weight is 197 g/mol. The van der Waals surface area contributed by atoms with Crippen LogP contribution in [-0.4, -0.2) is 43.0 Å². The van der Waals surface area contributed by atoms with E-state index in [0.29, 0.717) is 18.5 Å². The second-order valence-electron chi connectivity index (χ2n) is 4.31. The Morgan fingerprint density at radius 2 is 2.36 bits per heavy atom. The van der Waals surface area contributed by atoms with Crippen LogP contribution in [0.2, 0.25) is 0 Å². The van der Waals surface area contributed by atoms with Gasteiger partial charge in [0.1, 0.15) is 0 Å². The Morgan fingerprint density at radius 3 is 3.07 bits per heavy atom. The van der Waals surface area contributed by atoms with E-state index in [4.69, 9.17) is 5.73 Å². The van der Waals surface area contributed by atoms with E-state index in [0.717, 1.165) is 19.6 Å². The summed E-state index contributed by atoms with van der Waals surface area (Å²) in [4.78, 5) is 13.6. The van der Waals surface area contributed by atoms with Gasteiger partial charge in [-0.05, 0) is 25.3 Å². The molecule has 0 spiro atoms. The van der Waals surface area contributed by atoms with Gasteiger partial charge < -0.3 is 11.1 Å². The predicted molar refractivity (Wildman–Crippen MR) is 54.8 cm³/mol. The van der Waals surface area contributed by atoms with Crippen molar-refractivity contribution in [2.45, 2.75) is 25.3 Å². The van der Waals surface area contributed by atoms with Gasteiger partial charge in [-0.25, -0.2) is 0 Å². The Balaban J connectivity index is 1.95. The fourth-order valence-corrected chi connectivity index (χ4v) is 2.71. The molecule has 14 heavy (non-hydrogen) atoms. The highest BCUT2D eigenvalue weighted by Crippen LogP contribution is 2.29. The highest BCUT2D eigenvalue weighted by atomic mass is 16.2. The molecular weight excluding hydrogens is 178 g/mol. The topological polar surface area (TPSA) is 58.4 Å². The van der Waals surface area contributed by atoms with Crippen molar-refractivity contribution in [1.29, 1.82) is 0 Å². The highest BCUT2D eigenvalue weighted by Gasteiger charge is 2.33. The number of piperazine rings is 1. The molecule has 1 amide bonds. The first kappa shape index (κ1) is 9.93. The molecule has 1 aliphatic carbocycles. The fraction of sp³-hybridized carbons (Fsp3) is 0.900. The van der Waals surface area contributed by atoms with Gasteiger partial charge in [-0.1, -0.05) is 6.42 Å². The third-order valence-corrected chi connectivity index (χ3v) is 3.46. The van der Waals surface area contributed by atoms with Crippen LogP contribution in [0.1, 0.15) is 19.3 Å². The van der Waals surface area contributed by atoms with Crippen LogP contribution >= 0.6 is 0 Å². The Kier molecular flexibility index (Phi) is 3.03. The molecule has 80 valence electrons. The molecule has 2 atom stereocenters. The van der Waals surface area contributed by atoms with E-state index in [1.807, 2.05) is 0 Å². The quantitative estimate of drug-likeness (QED) is 0.630. The number of carbonyl (C=O) groups is 1. The second-order valence-corrected chi connectivity index (χ2v) is 4.31. The molecule has 2 fully saturated rings. The van der Waals surface area contributed by atoms with E-state index < -0.39 is 0 Å². The Bertz CT molecular complexity index is 219. The minimum atomic E-state index is 0.166. The number of amides is 1. The molecule has 0 radical (unpaired) electrons. The lowest BCUT2D eigenvalue weighted by Gasteiger charge is -2.34. The summed E-state index contributed by atoms with van der Waals surface area (Å²) in [7, 11) is 0. The van der Waals surface area contributed by atoms with Crippen molar-refractivity contribution < 1.29 is 4.79 Å². The number of carbonyl (C=O) groups excluding carboxylic acids is 1. The average Bonchev–Trinajstić information content (AvgIpc) is 2.65. The van der Waals surface area contributed by atoms with E-state index in [1.54, 1.807) is 0 Å². The molecule has 0 aromatic rings. The first-order valence-corrected chi connectivity index (χ1v) is 5.52. The van der Waals surface area contributed by atoms with Crippen molar-refractivity contribution in [3.63, 3.8) is 0 Å². The molecule has 0 aromatic heterocycles. The summed E-state index contributed by atoms with van der Waals surface area (Å²) in [6, 6.07) is 0.561. The van der Waals surface area contributed by atoms with Crippen LogP contribution in [0.3, 0.4) is 0 Å². The SMILES string of the molecule is NCC1CCCC1N1CCNC(=O)C1. The first-order chi connectivity index (χ1) is 6.81. The summed E-state index contributed by atoms with van der Waals surface area (Å²) < 4.78 is 0. The lowest BCUT2D eigenvalue weighted by molar-refractivity contribution is -0.125. The van der Waals surface area contributed by atoms with Gasteiger partial charge in [0.05, 0.1) is 6.54 Å². The molecule has 1 aliphatic heterocycles. The van der Waals surface area contributed by atoms with Crippen LogP contribution in [0.25, 0.3) is 0 Å². The van der Waals surface area contributed by atoms with Gasteiger partial charge in [0.25, 0.3) is 0 Å². The summed E-state index contributed by atoms with van der Waals surface area (Å²) in [5, 5.41) is 2.86. The molecule has 4 heteroatoms. The van der Waals surface area contributed by atoms with Crippen LogP contribution in [0.15, 0.2) is 0 Å². The van der Waals surface area contributed by atoms with Crippen molar-refractivity contribution in [3.05, 3.63) is 0 Å². The van der Waals surface area contributed by atoms with Crippen molar-refractivity contribution in [2.24, 2.45) is 11.7 Å². The number of hydrogen-bond donors (Lipinski definition) is 2. The molecule has 1 saturated heterocycles. The highest BCUT2D eigenvalue weighted by molar-refractivity contribution is 5.78. The van der Waals surface area contributed by atoms with Crippen LogP contribution in [-0.2, 0) is 4.79 Å². The molecule has 0 aromatic carbocycles. The van der Waals surface area contributed by atoms with E-state index in [9.17, 15) is 4.79 Å². The number of nitrogens with zero attached hydrogens (tertiary/aromatic N) is 1. The Labute approximate surface area is 84.8 Å². The maximum atomic E-state index is 11.2. The monoisotopic (exact) mass is 197 g/mol. The smallest absolute Gasteiger partial charge is 0.234 e. The first-order valence-electron chi connectivity index (χ1n) is 5.52. The standard InChI is InChI=1S/C10H19N3O/c11-6-8-2-1-3-9(8)13-5-4-12-10(14)7-13/h8-9H,1-7,11H2,(H,12,14). The number of nitrogens with two attached hydrogens (primary N) is 1. The minimum Gasteiger partial charge on any atom is -0.354 e. The summed E-state index contributed by atoms with van der Waals surface area (Å²) in [6.45, 7) is 3.13. The zero-order valence-electron chi connectivity index (χ0n) is 8.54. The van der Waals surface area contributed by atoms with Crippen LogP contribution in [0, 0.1) is 5.92 Å². The van der Waals surface area contributed by atoms with Gasteiger partial charge in [0.15, 0.2) is 0 Å². The molecule has 2 unspecified atom stereocenters. The summed E-state index contributed by atoms with van der Waals surface area (Å²) in [6.07, 6.45) is 3.72. The van der Waals surface area contributed by atoms with E-state index in [1.165, 1.54) is 19.3 Å². The number of nitrogens with one attached hydrogen (secondary N) is 1. The minimum absolute atomic E-state index is 0.166. The predicted octanol–water partition coefficient (Wildman–Crippen LogP) is -0.454. The second kappa shape index (κ2) is 4.28. The van der Waals surface area contributed by atoms with E-state index in [2.05, 4.69) is 10.2 Å². The largest absolute Gasteiger partial charge is 0.354 e. The van der Waals surface area contributed by atoms with Gasteiger partial charge in [-0.2, -0.15) is 0 Å². The maximum absolute atomic E-state index is 11.2. The third-order valence-electron chi connectivity index (χ3n) is 3.46. The zero-order chi connectivity index (χ0) is 9.97. The molecule has 0 bridgehead atoms. The van der Waals surface area contributed by atoms with E-state index in [-0.39, 0.29) is 5.91 Å². The maximum Gasteiger partial charge on any atom is 0.234 e. The molecule has 4 nitrogen and oxygen atoms in total. The summed E-state index contributed by atoms with van der Waals surface area (Å²) in [5.74, 6) is 0.778. The molecule has 2 rings (SSSR count). The van der Waals surface area contributed by atoms with Gasteiger partial charge >= 0.3 is 0 Å². The normalized spacial score (nSPS) is 34.5. The number of rotatable bonds is 2. The van der Waals surface area contributed by atoms with Crippen molar-refractivity contribution in [1.82, 2.24) is 10.2 Å². The van der Waals surface area contributed by atoms with Crippen LogP contribution in [0.4, 0.5) is 0 Å². The van der Waals surface area contributed by atoms with Crippen molar-refractivity contribution in [2.75, 3.05) is 26.2 Å².